The third-order valence-electron chi connectivity index (χ3n) is 3.85. The van der Waals surface area contributed by atoms with Crippen LogP contribution in [0.25, 0.3) is 11.4 Å². The Labute approximate surface area is 155 Å². The van der Waals surface area contributed by atoms with Crippen molar-refractivity contribution in [3.05, 3.63) is 41.6 Å². The summed E-state index contributed by atoms with van der Waals surface area (Å²) >= 11 is 5.94. The van der Waals surface area contributed by atoms with E-state index in [1.54, 1.807) is 25.2 Å². The first-order chi connectivity index (χ1) is 12.5. The van der Waals surface area contributed by atoms with E-state index < -0.39 is 6.10 Å². The van der Waals surface area contributed by atoms with Crippen molar-refractivity contribution in [2.24, 2.45) is 7.05 Å². The van der Waals surface area contributed by atoms with E-state index in [2.05, 4.69) is 25.4 Å². The third kappa shape index (κ3) is 3.61. The molecule has 2 heterocycles. The van der Waals surface area contributed by atoms with Crippen LogP contribution < -0.4 is 10.1 Å². The highest BCUT2D eigenvalue weighted by Crippen LogP contribution is 2.37. The van der Waals surface area contributed by atoms with Gasteiger partial charge in [-0.1, -0.05) is 13.0 Å². The summed E-state index contributed by atoms with van der Waals surface area (Å²) in [5, 5.41) is 17.8. The Kier molecular flexibility index (Phi) is 5.34. The Morgan fingerprint density at radius 3 is 2.81 bits per heavy atom. The van der Waals surface area contributed by atoms with Crippen LogP contribution in [0, 0.1) is 0 Å². The molecule has 26 heavy (non-hydrogen) atoms. The van der Waals surface area contributed by atoms with Gasteiger partial charge in [0.05, 0.1) is 24.5 Å². The fraction of sp³-hybridized carbons (Fsp3) is 0.294. The molecule has 0 spiro atoms. The largest absolute Gasteiger partial charge is 0.494 e. The highest BCUT2D eigenvalue weighted by Gasteiger charge is 2.18. The fourth-order valence-corrected chi connectivity index (χ4v) is 2.69. The number of aryl methyl sites for hydroxylation is 1. The van der Waals surface area contributed by atoms with Crippen molar-refractivity contribution >= 4 is 23.1 Å². The molecule has 0 amide bonds. The van der Waals surface area contributed by atoms with E-state index in [0.29, 0.717) is 35.1 Å². The zero-order valence-electron chi connectivity index (χ0n) is 14.6. The van der Waals surface area contributed by atoms with E-state index >= 15 is 0 Å². The Bertz CT molecular complexity index is 914. The molecule has 3 rings (SSSR count). The van der Waals surface area contributed by atoms with Crippen LogP contribution >= 0.6 is 11.6 Å². The van der Waals surface area contributed by atoms with Gasteiger partial charge in [0, 0.05) is 18.8 Å². The van der Waals surface area contributed by atoms with Crippen LogP contribution in [-0.4, -0.2) is 36.9 Å². The zero-order valence-corrected chi connectivity index (χ0v) is 15.4. The monoisotopic (exact) mass is 374 g/mol. The maximum absolute atomic E-state index is 10.2. The Morgan fingerprint density at radius 2 is 2.15 bits per heavy atom. The van der Waals surface area contributed by atoms with Gasteiger partial charge in [-0.05, 0) is 30.2 Å². The predicted molar refractivity (Wildman–Crippen MR) is 98.6 cm³/mol. The number of hydrogen-bond donors (Lipinski definition) is 2. The summed E-state index contributed by atoms with van der Waals surface area (Å²) in [5.41, 5.74) is 1.94. The number of hydrogen-bond acceptors (Lipinski definition) is 7. The summed E-state index contributed by atoms with van der Waals surface area (Å²) in [7, 11) is 3.37. The first-order valence-corrected chi connectivity index (χ1v) is 8.41. The summed E-state index contributed by atoms with van der Waals surface area (Å²) < 4.78 is 7.20. The average molecular weight is 375 g/mol. The number of anilines is 2. The molecule has 0 bridgehead atoms. The maximum atomic E-state index is 10.2. The summed E-state index contributed by atoms with van der Waals surface area (Å²) in [5.74, 6) is 1.52. The topological polar surface area (TPSA) is 98.0 Å². The highest BCUT2D eigenvalue weighted by molar-refractivity contribution is 6.28. The van der Waals surface area contributed by atoms with Gasteiger partial charge in [0.25, 0.3) is 0 Å². The van der Waals surface area contributed by atoms with E-state index in [1.807, 2.05) is 25.1 Å². The molecule has 0 aliphatic carbocycles. The summed E-state index contributed by atoms with van der Waals surface area (Å²) in [6, 6.07) is 5.56. The first-order valence-electron chi connectivity index (χ1n) is 8.04. The lowest BCUT2D eigenvalue weighted by atomic mass is 10.1. The zero-order chi connectivity index (χ0) is 18.7. The first kappa shape index (κ1) is 18.1. The van der Waals surface area contributed by atoms with Crippen molar-refractivity contribution in [3.8, 4) is 17.1 Å². The van der Waals surface area contributed by atoms with Crippen LogP contribution in [0.3, 0.4) is 0 Å². The van der Waals surface area contributed by atoms with Crippen molar-refractivity contribution in [1.82, 2.24) is 24.7 Å². The second-order valence-electron chi connectivity index (χ2n) is 5.62. The van der Waals surface area contributed by atoms with Crippen LogP contribution in [0.5, 0.6) is 5.75 Å². The van der Waals surface area contributed by atoms with Gasteiger partial charge >= 0.3 is 0 Å². The van der Waals surface area contributed by atoms with Gasteiger partial charge in [-0.15, -0.1) is 0 Å². The number of ether oxygens (including phenoxy) is 1. The Balaban J connectivity index is 2.05. The molecule has 136 valence electrons. The number of aliphatic hydroxyl groups excluding tert-OH is 1. The molecule has 1 unspecified atom stereocenters. The molecule has 2 N–H and O–H groups in total. The summed E-state index contributed by atoms with van der Waals surface area (Å²) in [4.78, 5) is 12.4. The van der Waals surface area contributed by atoms with Crippen LogP contribution in [0.15, 0.2) is 30.7 Å². The van der Waals surface area contributed by atoms with Gasteiger partial charge in [0.2, 0.25) is 5.28 Å². The highest BCUT2D eigenvalue weighted by atomic mass is 35.5. The van der Waals surface area contributed by atoms with Gasteiger partial charge in [0.1, 0.15) is 12.1 Å². The van der Waals surface area contributed by atoms with Gasteiger partial charge < -0.3 is 15.2 Å². The van der Waals surface area contributed by atoms with Crippen LogP contribution in [0.1, 0.15) is 25.0 Å². The normalized spacial score (nSPS) is 12.0. The minimum absolute atomic E-state index is 0.0843. The molecule has 0 saturated heterocycles. The predicted octanol–water partition coefficient (Wildman–Crippen LogP) is 3.12. The molecule has 0 radical (unpaired) electrons. The number of halogens is 1. The maximum Gasteiger partial charge on any atom is 0.224 e. The number of nitrogens with zero attached hydrogens (tertiary/aromatic N) is 5. The van der Waals surface area contributed by atoms with Gasteiger partial charge in [-0.2, -0.15) is 5.10 Å². The number of nitrogens with one attached hydrogen (secondary N) is 1. The standard InChI is InChI=1S/C17H19ClN6O2/c1-4-13(25)11-8-19-17(18)22-16(11)21-12-7-5-6-10(14(12)26-3)15-20-9-24(2)23-15/h5-9,13,25H,4H2,1-3H3,(H,19,21,22). The van der Waals surface area contributed by atoms with E-state index in [-0.39, 0.29) is 5.28 Å². The average Bonchev–Trinajstić information content (AvgIpc) is 3.07. The van der Waals surface area contributed by atoms with Gasteiger partial charge in [-0.3, -0.25) is 4.68 Å². The van der Waals surface area contributed by atoms with E-state index in [1.165, 1.54) is 6.20 Å². The van der Waals surface area contributed by atoms with Crippen molar-refractivity contribution in [2.45, 2.75) is 19.4 Å². The lowest BCUT2D eigenvalue weighted by Crippen LogP contribution is -2.06. The number of methoxy groups -OCH3 is 1. The van der Waals surface area contributed by atoms with Gasteiger partial charge in [0.15, 0.2) is 11.6 Å². The molecular weight excluding hydrogens is 356 g/mol. The summed E-state index contributed by atoms with van der Waals surface area (Å²) in [6.07, 6.45) is 2.95. The van der Waals surface area contributed by atoms with Crippen molar-refractivity contribution in [3.63, 3.8) is 0 Å². The summed E-state index contributed by atoms with van der Waals surface area (Å²) in [6.45, 7) is 1.87. The number of para-hydroxylation sites is 1. The molecule has 0 fully saturated rings. The molecule has 2 aromatic heterocycles. The minimum Gasteiger partial charge on any atom is -0.494 e. The van der Waals surface area contributed by atoms with E-state index in [9.17, 15) is 5.11 Å². The molecule has 8 nitrogen and oxygen atoms in total. The Hall–Kier alpha value is -2.71. The molecule has 0 saturated carbocycles. The molecule has 3 aromatic rings. The van der Waals surface area contributed by atoms with Crippen LogP contribution in [0.4, 0.5) is 11.5 Å². The molecule has 0 aliphatic heterocycles. The molecule has 9 heteroatoms. The van der Waals surface area contributed by atoms with Crippen molar-refractivity contribution in [1.29, 1.82) is 0 Å². The lowest BCUT2D eigenvalue weighted by Gasteiger charge is -2.17. The smallest absolute Gasteiger partial charge is 0.224 e. The molecular formula is C17H19ClN6O2. The molecule has 1 aromatic carbocycles. The number of benzene rings is 1. The third-order valence-corrected chi connectivity index (χ3v) is 4.03. The lowest BCUT2D eigenvalue weighted by molar-refractivity contribution is 0.173. The van der Waals surface area contributed by atoms with E-state index in [0.717, 1.165) is 5.56 Å². The quantitative estimate of drug-likeness (QED) is 0.639. The van der Waals surface area contributed by atoms with E-state index in [4.69, 9.17) is 16.3 Å². The number of rotatable bonds is 6. The Morgan fingerprint density at radius 1 is 1.35 bits per heavy atom. The van der Waals surface area contributed by atoms with Crippen molar-refractivity contribution < 1.29 is 9.84 Å². The van der Waals surface area contributed by atoms with Crippen molar-refractivity contribution in [2.75, 3.05) is 12.4 Å². The molecule has 1 atom stereocenters. The second-order valence-corrected chi connectivity index (χ2v) is 5.96. The van der Waals surface area contributed by atoms with Gasteiger partial charge in [-0.25, -0.2) is 15.0 Å². The molecule has 0 aliphatic rings. The van der Waals surface area contributed by atoms with Crippen LogP contribution in [0.2, 0.25) is 5.28 Å². The SMILES string of the molecule is CCC(O)c1cnc(Cl)nc1Nc1cccc(-c2ncn(C)n2)c1OC. The fourth-order valence-electron chi connectivity index (χ4n) is 2.56. The second kappa shape index (κ2) is 7.67. The number of aromatic nitrogens is 5. The van der Waals surface area contributed by atoms with Crippen LogP contribution in [-0.2, 0) is 7.05 Å². The minimum atomic E-state index is -0.707. The number of aliphatic hydroxyl groups is 1.